The van der Waals surface area contributed by atoms with Gasteiger partial charge in [0.05, 0.1) is 0 Å². The van der Waals surface area contributed by atoms with Gasteiger partial charge >= 0.3 is 12.2 Å². The summed E-state index contributed by atoms with van der Waals surface area (Å²) in [7, 11) is -2.66. The fourth-order valence-electron chi connectivity index (χ4n) is 5.37. The van der Waals surface area contributed by atoms with E-state index in [1.54, 1.807) is 67.1 Å². The zero-order chi connectivity index (χ0) is 35.2. The van der Waals surface area contributed by atoms with Crippen molar-refractivity contribution in [3.05, 3.63) is 102 Å². The van der Waals surface area contributed by atoms with E-state index >= 15 is 0 Å². The van der Waals surface area contributed by atoms with Crippen LogP contribution in [0.15, 0.2) is 96.2 Å². The molecule has 0 saturated carbocycles. The molecule has 1 fully saturated rings. The molecule has 0 bridgehead atoms. The van der Waals surface area contributed by atoms with Crippen LogP contribution in [0.2, 0.25) is 0 Å². The van der Waals surface area contributed by atoms with Crippen molar-refractivity contribution in [1.82, 2.24) is 19.7 Å². The van der Waals surface area contributed by atoms with Gasteiger partial charge in [-0.3, -0.25) is 18.9 Å². The van der Waals surface area contributed by atoms with Crippen LogP contribution in [-0.2, 0) is 42.0 Å². The van der Waals surface area contributed by atoms with Gasteiger partial charge in [0.25, 0.3) is 10.5 Å². The molecular formula is C36H40N4O8S. The maximum atomic E-state index is 14.0. The van der Waals surface area contributed by atoms with Crippen LogP contribution in [0.1, 0.15) is 31.9 Å². The number of hydrogen-bond donors (Lipinski definition) is 0. The number of ether oxygens (including phenoxy) is 2. The Hall–Kier alpha value is -5.01. The third-order valence-corrected chi connectivity index (χ3v) is 9.26. The number of pyridine rings is 1. The average molecular weight is 689 g/mol. The number of amides is 3. The van der Waals surface area contributed by atoms with Gasteiger partial charge in [-0.15, -0.1) is 0 Å². The standard InChI is InChI=1S/C36H40N4O8S/c1-36(2,3)47-34(42)38(4)31(33(41)39-19-21-40(22-20-39)35(43)46-25-27-9-6-5-7-10-27)23-26-13-15-29(16-14-26)48-49(44,45)32-12-8-11-28-24-37-18-17-30(28)32/h5-18,24,31H,19-23,25H2,1-4H3/t31-/m0/s1. The first-order chi connectivity index (χ1) is 23.3. The highest BCUT2D eigenvalue weighted by molar-refractivity contribution is 7.93. The third kappa shape index (κ3) is 9.12. The Morgan fingerprint density at radius 1 is 0.898 bits per heavy atom. The van der Waals surface area contributed by atoms with Gasteiger partial charge in [0.15, 0.2) is 5.75 Å². The number of fused-ring (bicyclic) bond motifs is 1. The second-order valence-electron chi connectivity index (χ2n) is 12.7. The molecule has 3 aromatic carbocycles. The fraction of sp³-hybridized carbons (Fsp3) is 0.333. The van der Waals surface area contributed by atoms with Crippen molar-refractivity contribution in [3.63, 3.8) is 0 Å². The Morgan fingerprint density at radius 3 is 2.24 bits per heavy atom. The van der Waals surface area contributed by atoms with Gasteiger partial charge in [-0.05, 0) is 56.2 Å². The minimum Gasteiger partial charge on any atom is -0.573 e. The van der Waals surface area contributed by atoms with Crippen molar-refractivity contribution < 1.29 is 36.8 Å². The molecule has 2 atom stereocenters. The number of piperazine rings is 1. The van der Waals surface area contributed by atoms with Crippen molar-refractivity contribution in [2.45, 2.75) is 50.3 Å². The van der Waals surface area contributed by atoms with Gasteiger partial charge in [-0.25, -0.2) is 9.59 Å². The van der Waals surface area contributed by atoms with Gasteiger partial charge in [0.1, 0.15) is 18.2 Å². The predicted octanol–water partition coefficient (Wildman–Crippen LogP) is 5.48. The lowest BCUT2D eigenvalue weighted by atomic mass is 10.0. The summed E-state index contributed by atoms with van der Waals surface area (Å²) in [5.41, 5.74) is 0.759. The van der Waals surface area contributed by atoms with Crippen molar-refractivity contribution in [1.29, 1.82) is 0 Å². The van der Waals surface area contributed by atoms with Crippen molar-refractivity contribution in [2.24, 2.45) is 0 Å². The highest BCUT2D eigenvalue weighted by Crippen LogP contribution is 2.29. The van der Waals surface area contributed by atoms with E-state index in [9.17, 15) is 23.1 Å². The molecule has 49 heavy (non-hydrogen) atoms. The number of nitrogens with zero attached hydrogens (tertiary/aromatic N) is 4. The average Bonchev–Trinajstić information content (AvgIpc) is 3.09. The number of aromatic nitrogens is 1. The summed E-state index contributed by atoms with van der Waals surface area (Å²) in [6, 6.07) is 21.2. The molecule has 258 valence electrons. The molecule has 0 N–H and O–H groups in total. The summed E-state index contributed by atoms with van der Waals surface area (Å²) in [6.45, 7) is 6.44. The number of hydrogen-bond acceptors (Lipinski definition) is 9. The zero-order valence-corrected chi connectivity index (χ0v) is 28.8. The molecule has 3 amide bonds. The van der Waals surface area contributed by atoms with Crippen LogP contribution in [0.4, 0.5) is 9.59 Å². The van der Waals surface area contributed by atoms with Crippen LogP contribution in [0.25, 0.3) is 10.8 Å². The maximum absolute atomic E-state index is 14.0. The zero-order valence-electron chi connectivity index (χ0n) is 27.9. The van der Waals surface area contributed by atoms with E-state index in [1.165, 1.54) is 36.3 Å². The van der Waals surface area contributed by atoms with Crippen molar-refractivity contribution in [2.75, 3.05) is 33.2 Å². The molecule has 0 radical (unpaired) electrons. The Morgan fingerprint density at radius 2 is 1.57 bits per heavy atom. The molecule has 12 nitrogen and oxygen atoms in total. The number of carbonyl (C=O) groups excluding carboxylic acids is 3. The van der Waals surface area contributed by atoms with Crippen LogP contribution < -0.4 is 4.18 Å². The topological polar surface area (TPSA) is 142 Å². The number of benzene rings is 3. The lowest BCUT2D eigenvalue weighted by Crippen LogP contribution is -2.57. The summed E-state index contributed by atoms with van der Waals surface area (Å²) in [4.78, 5) is 48.3. The minimum atomic E-state index is -4.17. The van der Waals surface area contributed by atoms with Gasteiger partial charge in [-0.2, -0.15) is 0 Å². The van der Waals surface area contributed by atoms with E-state index in [1.807, 2.05) is 30.3 Å². The Labute approximate surface area is 287 Å². The summed E-state index contributed by atoms with van der Waals surface area (Å²) in [6.07, 6.45) is 2.10. The minimum absolute atomic E-state index is 0.0191. The van der Waals surface area contributed by atoms with E-state index in [2.05, 4.69) is 4.98 Å². The van der Waals surface area contributed by atoms with E-state index in [0.29, 0.717) is 16.3 Å². The first kappa shape index (κ1) is 35.3. The van der Waals surface area contributed by atoms with Gasteiger partial charge in [-0.1, -0.05) is 58.8 Å². The predicted molar refractivity (Wildman–Crippen MR) is 182 cm³/mol. The van der Waals surface area contributed by atoms with E-state index in [4.69, 9.17) is 13.7 Å². The van der Waals surface area contributed by atoms with E-state index in [-0.39, 0.29) is 55.8 Å². The van der Waals surface area contributed by atoms with Crippen molar-refractivity contribution in [3.8, 4) is 5.75 Å². The maximum Gasteiger partial charge on any atom is 0.410 e. The van der Waals surface area contributed by atoms with Crippen LogP contribution in [0.3, 0.4) is 0 Å². The van der Waals surface area contributed by atoms with Crippen molar-refractivity contribution >= 4 is 39.4 Å². The number of rotatable bonds is 9. The SMILES string of the molecule is CN(C(=O)OC(C)(C)C)[C@@H](Cc1ccc(O[S+](=O)([O-])c2cccc3cnccc23)cc1)C(=O)N1CCN(C(=O)OCc2ccccc2)CC1. The molecule has 4 aromatic rings. The third-order valence-electron chi connectivity index (χ3n) is 7.96. The molecule has 1 saturated heterocycles. The van der Waals surface area contributed by atoms with Gasteiger partial charge < -0.3 is 23.8 Å². The molecule has 0 spiro atoms. The number of likely N-dealkylation sites (N-methyl/N-ethyl adjacent to an activating group) is 1. The largest absolute Gasteiger partial charge is 0.573 e. The molecule has 0 aliphatic carbocycles. The summed E-state index contributed by atoms with van der Waals surface area (Å²) in [5, 5.41) is 1.15. The van der Waals surface area contributed by atoms with Gasteiger partial charge in [0.2, 0.25) is 10.8 Å². The monoisotopic (exact) mass is 688 g/mol. The highest BCUT2D eigenvalue weighted by Gasteiger charge is 2.35. The molecule has 1 aliphatic rings. The fourth-order valence-corrected chi connectivity index (χ4v) is 6.52. The lowest BCUT2D eigenvalue weighted by Gasteiger charge is -2.38. The Balaban J connectivity index is 1.26. The molecule has 5 rings (SSSR count). The normalized spacial score (nSPS) is 15.2. The summed E-state index contributed by atoms with van der Waals surface area (Å²) >= 11 is 0. The molecule has 2 heterocycles. The quantitative estimate of drug-likeness (QED) is 0.209. The smallest absolute Gasteiger partial charge is 0.410 e. The van der Waals surface area contributed by atoms with E-state index < -0.39 is 34.3 Å². The molecule has 1 unspecified atom stereocenters. The molecule has 1 aliphatic heterocycles. The molecule has 1 aromatic heterocycles. The Kier molecular flexibility index (Phi) is 10.8. The second kappa shape index (κ2) is 15.0. The van der Waals surface area contributed by atoms with Crippen LogP contribution in [-0.4, -0.2) is 87.2 Å². The number of carbonyl (C=O) groups is 3. The molecular weight excluding hydrogens is 648 g/mol. The second-order valence-corrected chi connectivity index (χ2v) is 14.2. The lowest BCUT2D eigenvalue weighted by molar-refractivity contribution is -0.138. The Bertz CT molecular complexity index is 1820. The van der Waals surface area contributed by atoms with Crippen LogP contribution >= 0.6 is 0 Å². The van der Waals surface area contributed by atoms with Crippen LogP contribution in [0, 0.1) is 0 Å². The van der Waals surface area contributed by atoms with Crippen LogP contribution in [0.5, 0.6) is 5.75 Å². The summed E-state index contributed by atoms with van der Waals surface area (Å²) in [5.74, 6) is -0.215. The van der Waals surface area contributed by atoms with Gasteiger partial charge in [0, 0.05) is 62.8 Å². The van der Waals surface area contributed by atoms with E-state index in [0.717, 1.165) is 5.56 Å². The first-order valence-corrected chi connectivity index (χ1v) is 17.3. The summed E-state index contributed by atoms with van der Waals surface area (Å²) < 4.78 is 42.9. The first-order valence-electron chi connectivity index (χ1n) is 15.9. The molecule has 13 heteroatoms. The highest BCUT2D eigenvalue weighted by atomic mass is 32.3.